The van der Waals surface area contributed by atoms with Crippen molar-refractivity contribution < 1.29 is 4.74 Å². The zero-order valence-electron chi connectivity index (χ0n) is 9.99. The molecular weight excluding hydrogens is 198 g/mol. The lowest BCUT2D eigenvalue weighted by Crippen LogP contribution is -2.27. The Bertz CT molecular complexity index is 293. The summed E-state index contributed by atoms with van der Waals surface area (Å²) in [5, 5.41) is 3.65. The zero-order valence-corrected chi connectivity index (χ0v) is 9.99. The molecular formula is C14H21NO. The third kappa shape index (κ3) is 3.06. The first-order valence-electron chi connectivity index (χ1n) is 6.26. The van der Waals surface area contributed by atoms with Gasteiger partial charge < -0.3 is 10.1 Å². The summed E-state index contributed by atoms with van der Waals surface area (Å²) in [4.78, 5) is 0. The van der Waals surface area contributed by atoms with Crippen molar-refractivity contribution in [2.24, 2.45) is 5.92 Å². The molecule has 1 heterocycles. The minimum Gasteiger partial charge on any atom is -0.381 e. The van der Waals surface area contributed by atoms with Gasteiger partial charge in [-0.3, -0.25) is 0 Å². The summed E-state index contributed by atoms with van der Waals surface area (Å²) in [6, 6.07) is 11.2. The van der Waals surface area contributed by atoms with Crippen LogP contribution in [0, 0.1) is 5.92 Å². The van der Waals surface area contributed by atoms with E-state index in [0.717, 1.165) is 26.2 Å². The molecule has 0 amide bonds. The summed E-state index contributed by atoms with van der Waals surface area (Å²) >= 11 is 0. The highest BCUT2D eigenvalue weighted by Crippen LogP contribution is 2.18. The van der Waals surface area contributed by atoms with Crippen molar-refractivity contribution in [2.75, 3.05) is 19.8 Å². The molecule has 1 fully saturated rings. The molecule has 0 radical (unpaired) electrons. The number of benzene rings is 1. The molecule has 0 saturated carbocycles. The zero-order chi connectivity index (χ0) is 11.2. The number of hydrogen-bond donors (Lipinski definition) is 1. The monoisotopic (exact) mass is 219 g/mol. The van der Waals surface area contributed by atoms with Crippen molar-refractivity contribution in [2.45, 2.75) is 25.8 Å². The average Bonchev–Trinajstić information content (AvgIpc) is 2.84. The summed E-state index contributed by atoms with van der Waals surface area (Å²) in [5.41, 5.74) is 1.39. The van der Waals surface area contributed by atoms with Crippen molar-refractivity contribution in [3.05, 3.63) is 35.9 Å². The summed E-state index contributed by atoms with van der Waals surface area (Å²) < 4.78 is 5.39. The van der Waals surface area contributed by atoms with E-state index in [-0.39, 0.29) is 0 Å². The fourth-order valence-electron chi connectivity index (χ4n) is 2.24. The van der Waals surface area contributed by atoms with E-state index >= 15 is 0 Å². The third-order valence-corrected chi connectivity index (χ3v) is 3.29. The van der Waals surface area contributed by atoms with Crippen LogP contribution in [0.1, 0.15) is 31.4 Å². The van der Waals surface area contributed by atoms with E-state index < -0.39 is 0 Å². The van der Waals surface area contributed by atoms with E-state index in [1.165, 1.54) is 12.0 Å². The van der Waals surface area contributed by atoms with Gasteiger partial charge in [-0.2, -0.15) is 0 Å². The summed E-state index contributed by atoms with van der Waals surface area (Å²) in [6.07, 6.45) is 2.34. The highest BCUT2D eigenvalue weighted by molar-refractivity contribution is 5.18. The Morgan fingerprint density at radius 3 is 2.81 bits per heavy atom. The summed E-state index contributed by atoms with van der Waals surface area (Å²) in [6.45, 7) is 5.18. The maximum absolute atomic E-state index is 5.39. The Morgan fingerprint density at radius 1 is 1.38 bits per heavy atom. The molecule has 1 aromatic rings. The molecule has 1 aromatic carbocycles. The highest BCUT2D eigenvalue weighted by atomic mass is 16.5. The maximum atomic E-state index is 5.39. The van der Waals surface area contributed by atoms with E-state index in [4.69, 9.17) is 4.74 Å². The Labute approximate surface area is 98.0 Å². The Kier molecular flexibility index (Phi) is 4.37. The molecule has 2 unspecified atom stereocenters. The molecule has 88 valence electrons. The number of nitrogens with one attached hydrogen (secondary N) is 1. The lowest BCUT2D eigenvalue weighted by atomic mass is 10.0. The van der Waals surface area contributed by atoms with Crippen LogP contribution in [0.2, 0.25) is 0 Å². The van der Waals surface area contributed by atoms with Gasteiger partial charge in [0, 0.05) is 19.2 Å². The first-order chi connectivity index (χ1) is 7.90. The van der Waals surface area contributed by atoms with Gasteiger partial charge in [0.1, 0.15) is 0 Å². The van der Waals surface area contributed by atoms with Crippen LogP contribution in [0.3, 0.4) is 0 Å². The van der Waals surface area contributed by atoms with Crippen molar-refractivity contribution in [3.63, 3.8) is 0 Å². The molecule has 1 saturated heterocycles. The average molecular weight is 219 g/mol. The lowest BCUT2D eigenvalue weighted by molar-refractivity contribution is 0.184. The van der Waals surface area contributed by atoms with Crippen molar-refractivity contribution in [3.8, 4) is 0 Å². The molecule has 2 nitrogen and oxygen atoms in total. The standard InChI is InChI=1S/C14H21NO/c1-2-14(13-6-4-3-5-7-13)15-10-12-8-9-16-11-12/h3-7,12,14-15H,2,8-11H2,1H3. The van der Waals surface area contributed by atoms with Gasteiger partial charge in [-0.1, -0.05) is 37.3 Å². The van der Waals surface area contributed by atoms with Gasteiger partial charge in [0.05, 0.1) is 6.61 Å². The van der Waals surface area contributed by atoms with Crippen LogP contribution in [0.15, 0.2) is 30.3 Å². The molecule has 1 aliphatic rings. The SMILES string of the molecule is CCC(NCC1CCOC1)c1ccccc1. The molecule has 0 spiro atoms. The Morgan fingerprint density at radius 2 is 2.19 bits per heavy atom. The molecule has 2 heteroatoms. The molecule has 2 atom stereocenters. The quantitative estimate of drug-likeness (QED) is 0.822. The van der Waals surface area contributed by atoms with Crippen molar-refractivity contribution >= 4 is 0 Å². The molecule has 16 heavy (non-hydrogen) atoms. The van der Waals surface area contributed by atoms with Crippen LogP contribution in [0.5, 0.6) is 0 Å². The minimum absolute atomic E-state index is 0.488. The van der Waals surface area contributed by atoms with Gasteiger partial charge in [0.25, 0.3) is 0 Å². The van der Waals surface area contributed by atoms with Crippen LogP contribution in [0.25, 0.3) is 0 Å². The van der Waals surface area contributed by atoms with Gasteiger partial charge in [0.15, 0.2) is 0 Å². The smallest absolute Gasteiger partial charge is 0.0507 e. The number of ether oxygens (including phenoxy) is 1. The van der Waals surface area contributed by atoms with E-state index in [1.807, 2.05) is 0 Å². The van der Waals surface area contributed by atoms with E-state index in [2.05, 4.69) is 42.6 Å². The second-order valence-corrected chi connectivity index (χ2v) is 4.51. The van der Waals surface area contributed by atoms with Gasteiger partial charge in [-0.05, 0) is 24.3 Å². The van der Waals surface area contributed by atoms with E-state index in [9.17, 15) is 0 Å². The normalized spacial score (nSPS) is 22.2. The van der Waals surface area contributed by atoms with Crippen molar-refractivity contribution in [1.82, 2.24) is 5.32 Å². The lowest BCUT2D eigenvalue weighted by Gasteiger charge is -2.19. The highest BCUT2D eigenvalue weighted by Gasteiger charge is 2.17. The van der Waals surface area contributed by atoms with Gasteiger partial charge >= 0.3 is 0 Å². The van der Waals surface area contributed by atoms with Crippen molar-refractivity contribution in [1.29, 1.82) is 0 Å². The predicted octanol–water partition coefficient (Wildman–Crippen LogP) is 2.76. The van der Waals surface area contributed by atoms with Crippen LogP contribution in [-0.4, -0.2) is 19.8 Å². The topological polar surface area (TPSA) is 21.3 Å². The van der Waals surface area contributed by atoms with Crippen LogP contribution < -0.4 is 5.32 Å². The van der Waals surface area contributed by atoms with E-state index in [1.54, 1.807) is 0 Å². The fraction of sp³-hybridized carbons (Fsp3) is 0.571. The van der Waals surface area contributed by atoms with Gasteiger partial charge in [-0.15, -0.1) is 0 Å². The predicted molar refractivity (Wildman–Crippen MR) is 66.4 cm³/mol. The molecule has 1 aliphatic heterocycles. The fourth-order valence-corrected chi connectivity index (χ4v) is 2.24. The Hall–Kier alpha value is -0.860. The molecule has 2 rings (SSSR count). The van der Waals surface area contributed by atoms with Gasteiger partial charge in [0.2, 0.25) is 0 Å². The first kappa shape index (κ1) is 11.6. The Balaban J connectivity index is 1.85. The largest absolute Gasteiger partial charge is 0.381 e. The molecule has 0 bridgehead atoms. The maximum Gasteiger partial charge on any atom is 0.0507 e. The molecule has 0 aromatic heterocycles. The second kappa shape index (κ2) is 6.02. The second-order valence-electron chi connectivity index (χ2n) is 4.51. The summed E-state index contributed by atoms with van der Waals surface area (Å²) in [7, 11) is 0. The van der Waals surface area contributed by atoms with Crippen LogP contribution >= 0.6 is 0 Å². The molecule has 0 aliphatic carbocycles. The molecule has 1 N–H and O–H groups in total. The first-order valence-corrected chi connectivity index (χ1v) is 6.26. The minimum atomic E-state index is 0.488. The van der Waals surface area contributed by atoms with Crippen LogP contribution in [0.4, 0.5) is 0 Å². The van der Waals surface area contributed by atoms with Crippen LogP contribution in [-0.2, 0) is 4.74 Å². The number of hydrogen-bond acceptors (Lipinski definition) is 2. The van der Waals surface area contributed by atoms with Gasteiger partial charge in [-0.25, -0.2) is 0 Å². The third-order valence-electron chi connectivity index (χ3n) is 3.29. The summed E-state index contributed by atoms with van der Waals surface area (Å²) in [5.74, 6) is 0.706. The number of rotatable bonds is 5. The van der Waals surface area contributed by atoms with E-state index in [0.29, 0.717) is 12.0 Å².